The van der Waals surface area contributed by atoms with E-state index in [1.165, 1.54) is 11.8 Å². The van der Waals surface area contributed by atoms with Crippen molar-refractivity contribution in [2.45, 2.75) is 31.7 Å². The van der Waals surface area contributed by atoms with E-state index in [1.807, 2.05) is 37.5 Å². The second-order valence-electron chi connectivity index (χ2n) is 7.00. The number of aromatic nitrogens is 3. The van der Waals surface area contributed by atoms with Crippen molar-refractivity contribution in [3.05, 3.63) is 65.0 Å². The first kappa shape index (κ1) is 22.0. The summed E-state index contributed by atoms with van der Waals surface area (Å²) < 4.78 is 24.5. The molecule has 158 valence electrons. The zero-order valence-electron chi connectivity index (χ0n) is 16.9. The van der Waals surface area contributed by atoms with Gasteiger partial charge in [-0.2, -0.15) is 0 Å². The quantitative estimate of drug-likeness (QED) is 0.540. The third-order valence-corrected chi connectivity index (χ3v) is 5.98. The minimum absolute atomic E-state index is 0.127. The number of carbonyl (C=O) groups is 1. The molecule has 2 aromatic carbocycles. The number of nitrogens with one attached hydrogen (secondary N) is 1. The van der Waals surface area contributed by atoms with E-state index in [0.717, 1.165) is 22.6 Å². The molecule has 30 heavy (non-hydrogen) atoms. The molecule has 1 aromatic heterocycles. The molecule has 0 bridgehead atoms. The van der Waals surface area contributed by atoms with Gasteiger partial charge in [0.25, 0.3) is 0 Å². The van der Waals surface area contributed by atoms with Gasteiger partial charge in [0.15, 0.2) is 5.16 Å². The van der Waals surface area contributed by atoms with Crippen LogP contribution in [0, 0.1) is 20.8 Å². The average molecular weight is 446 g/mol. The molecule has 10 heteroatoms. The van der Waals surface area contributed by atoms with Crippen molar-refractivity contribution >= 4 is 33.4 Å². The predicted molar refractivity (Wildman–Crippen MR) is 118 cm³/mol. The van der Waals surface area contributed by atoms with Gasteiger partial charge in [-0.15, -0.1) is 10.2 Å². The van der Waals surface area contributed by atoms with Crippen LogP contribution in [0.25, 0.3) is 5.69 Å². The third kappa shape index (κ3) is 5.68. The van der Waals surface area contributed by atoms with Gasteiger partial charge >= 0.3 is 0 Å². The summed E-state index contributed by atoms with van der Waals surface area (Å²) in [7, 11) is -3.64. The van der Waals surface area contributed by atoms with Gasteiger partial charge in [-0.3, -0.25) is 9.36 Å². The number of primary sulfonamides is 1. The first-order valence-corrected chi connectivity index (χ1v) is 11.8. The second kappa shape index (κ2) is 8.99. The van der Waals surface area contributed by atoms with Gasteiger partial charge in [0, 0.05) is 5.69 Å². The van der Waals surface area contributed by atoms with E-state index < -0.39 is 10.0 Å². The molecule has 0 spiro atoms. The highest BCUT2D eigenvalue weighted by atomic mass is 32.2. The van der Waals surface area contributed by atoms with Crippen LogP contribution in [-0.2, 0) is 20.6 Å². The Morgan fingerprint density at radius 1 is 1.13 bits per heavy atom. The number of nitrogens with two attached hydrogens (primary N) is 1. The lowest BCUT2D eigenvalue weighted by Gasteiger charge is -2.12. The van der Waals surface area contributed by atoms with Crippen molar-refractivity contribution in [3.63, 3.8) is 0 Å². The van der Waals surface area contributed by atoms with Gasteiger partial charge in [-0.1, -0.05) is 36.0 Å². The van der Waals surface area contributed by atoms with Crippen molar-refractivity contribution < 1.29 is 13.2 Å². The largest absolute Gasteiger partial charge is 0.325 e. The maximum Gasteiger partial charge on any atom is 0.234 e. The number of rotatable bonds is 7. The van der Waals surface area contributed by atoms with Crippen LogP contribution in [0.4, 0.5) is 5.69 Å². The molecular formula is C20H23N5O3S2. The maximum absolute atomic E-state index is 12.4. The molecule has 1 heterocycles. The molecule has 0 saturated heterocycles. The van der Waals surface area contributed by atoms with Gasteiger partial charge in [0.1, 0.15) is 5.82 Å². The number of benzene rings is 2. The Morgan fingerprint density at radius 2 is 1.90 bits per heavy atom. The summed E-state index contributed by atoms with van der Waals surface area (Å²) >= 11 is 1.28. The second-order valence-corrected chi connectivity index (χ2v) is 9.56. The normalized spacial score (nSPS) is 11.5. The van der Waals surface area contributed by atoms with E-state index in [0.29, 0.717) is 16.4 Å². The Balaban J connectivity index is 1.71. The van der Waals surface area contributed by atoms with Gasteiger partial charge in [0.2, 0.25) is 15.9 Å². The SMILES string of the molecule is Cc1ccc(C)c(-n2c(C)nnc2SCC(=O)Nc2cccc(CS(N)(=O)=O)c2)c1. The number of amides is 1. The van der Waals surface area contributed by atoms with Crippen LogP contribution in [0.5, 0.6) is 0 Å². The maximum atomic E-state index is 12.4. The smallest absolute Gasteiger partial charge is 0.234 e. The van der Waals surface area contributed by atoms with Crippen LogP contribution < -0.4 is 10.5 Å². The molecule has 0 aliphatic heterocycles. The Morgan fingerprint density at radius 3 is 2.63 bits per heavy atom. The highest BCUT2D eigenvalue weighted by Crippen LogP contribution is 2.25. The molecule has 0 radical (unpaired) electrons. The van der Waals surface area contributed by atoms with Crippen LogP contribution in [0.3, 0.4) is 0 Å². The van der Waals surface area contributed by atoms with E-state index in [4.69, 9.17) is 5.14 Å². The molecule has 3 aromatic rings. The molecule has 0 unspecified atom stereocenters. The van der Waals surface area contributed by atoms with E-state index in [2.05, 4.69) is 21.6 Å². The van der Waals surface area contributed by atoms with E-state index >= 15 is 0 Å². The number of nitrogens with zero attached hydrogens (tertiary/aromatic N) is 3. The van der Waals surface area contributed by atoms with Crippen molar-refractivity contribution in [3.8, 4) is 5.69 Å². The fourth-order valence-electron chi connectivity index (χ4n) is 2.97. The lowest BCUT2D eigenvalue weighted by atomic mass is 10.1. The molecule has 0 saturated carbocycles. The zero-order chi connectivity index (χ0) is 21.9. The fourth-order valence-corrected chi connectivity index (χ4v) is 4.41. The Hall–Kier alpha value is -2.69. The lowest BCUT2D eigenvalue weighted by molar-refractivity contribution is -0.113. The molecule has 0 aliphatic carbocycles. The lowest BCUT2D eigenvalue weighted by Crippen LogP contribution is -2.16. The number of thioether (sulfide) groups is 1. The van der Waals surface area contributed by atoms with E-state index in [-0.39, 0.29) is 17.4 Å². The summed E-state index contributed by atoms with van der Waals surface area (Å²) in [6.45, 7) is 5.91. The van der Waals surface area contributed by atoms with Crippen LogP contribution in [0.15, 0.2) is 47.6 Å². The van der Waals surface area contributed by atoms with Crippen LogP contribution >= 0.6 is 11.8 Å². The van der Waals surface area contributed by atoms with Gasteiger partial charge in [-0.05, 0) is 55.7 Å². The van der Waals surface area contributed by atoms with Gasteiger partial charge in [-0.25, -0.2) is 13.6 Å². The number of anilines is 1. The summed E-state index contributed by atoms with van der Waals surface area (Å²) in [5.74, 6) is 0.342. The van der Waals surface area contributed by atoms with Crippen molar-refractivity contribution in [1.82, 2.24) is 14.8 Å². The van der Waals surface area contributed by atoms with Crippen molar-refractivity contribution in [2.75, 3.05) is 11.1 Å². The number of aryl methyl sites for hydroxylation is 3. The third-order valence-electron chi connectivity index (χ3n) is 4.31. The Labute approximate surface area is 179 Å². The summed E-state index contributed by atoms with van der Waals surface area (Å²) in [6.07, 6.45) is 0. The Kier molecular flexibility index (Phi) is 6.59. The molecule has 1 amide bonds. The van der Waals surface area contributed by atoms with Crippen LogP contribution in [0.1, 0.15) is 22.5 Å². The Bertz CT molecular complexity index is 1190. The van der Waals surface area contributed by atoms with Crippen LogP contribution in [-0.4, -0.2) is 34.8 Å². The van der Waals surface area contributed by atoms with Crippen LogP contribution in [0.2, 0.25) is 0 Å². The molecule has 3 N–H and O–H groups in total. The number of carbonyl (C=O) groups excluding carboxylic acids is 1. The number of hydrogen-bond acceptors (Lipinski definition) is 6. The zero-order valence-corrected chi connectivity index (χ0v) is 18.5. The molecule has 3 rings (SSSR count). The standard InChI is InChI=1S/C20H23N5O3S2/c1-13-7-8-14(2)18(9-13)25-15(3)23-24-20(25)29-11-19(26)22-17-6-4-5-16(10-17)12-30(21,27)28/h4-10H,11-12H2,1-3H3,(H,22,26)(H2,21,27,28). The average Bonchev–Trinajstić information content (AvgIpc) is 3.01. The minimum atomic E-state index is -3.64. The van der Waals surface area contributed by atoms with Crippen molar-refractivity contribution in [1.29, 1.82) is 0 Å². The first-order valence-electron chi connectivity index (χ1n) is 9.14. The number of hydrogen-bond donors (Lipinski definition) is 2. The fraction of sp³-hybridized carbons (Fsp3) is 0.250. The minimum Gasteiger partial charge on any atom is -0.325 e. The predicted octanol–water partition coefficient (Wildman–Crippen LogP) is 2.71. The highest BCUT2D eigenvalue weighted by molar-refractivity contribution is 7.99. The topological polar surface area (TPSA) is 120 Å². The summed E-state index contributed by atoms with van der Waals surface area (Å²) in [5, 5.41) is 16.9. The van der Waals surface area contributed by atoms with Gasteiger partial charge < -0.3 is 5.32 Å². The van der Waals surface area contributed by atoms with Gasteiger partial charge in [0.05, 0.1) is 17.2 Å². The molecular weight excluding hydrogens is 422 g/mol. The summed E-state index contributed by atoms with van der Waals surface area (Å²) in [5.41, 5.74) is 4.21. The molecule has 0 atom stereocenters. The molecule has 0 aliphatic rings. The first-order chi connectivity index (χ1) is 14.1. The van der Waals surface area contributed by atoms with E-state index in [1.54, 1.807) is 24.3 Å². The molecule has 0 fully saturated rings. The van der Waals surface area contributed by atoms with Crippen molar-refractivity contribution in [2.24, 2.45) is 5.14 Å². The van der Waals surface area contributed by atoms with E-state index in [9.17, 15) is 13.2 Å². The molecule has 8 nitrogen and oxygen atoms in total. The number of sulfonamides is 1. The monoisotopic (exact) mass is 445 g/mol. The summed E-state index contributed by atoms with van der Waals surface area (Å²) in [4.78, 5) is 12.4. The summed E-state index contributed by atoms with van der Waals surface area (Å²) in [6, 6.07) is 12.7. The highest BCUT2D eigenvalue weighted by Gasteiger charge is 2.15.